The molecule has 0 aliphatic carbocycles. The molecule has 1 aliphatic heterocycles. The molecule has 116 valence electrons. The van der Waals surface area contributed by atoms with Crippen LogP contribution < -0.4 is 5.32 Å². The molecule has 0 aromatic rings. The topological polar surface area (TPSA) is 35.6 Å². The minimum absolute atomic E-state index is 0.154. The van der Waals surface area contributed by atoms with Gasteiger partial charge in [0, 0.05) is 32.7 Å². The Morgan fingerprint density at radius 3 is 1.84 bits per heavy atom. The predicted octanol–water partition coefficient (Wildman–Crippen LogP) is 2.20. The normalized spacial score (nSPS) is 15.7. The summed E-state index contributed by atoms with van der Waals surface area (Å²) in [6.07, 6.45) is 1.22. The molecule has 0 spiro atoms. The molecule has 0 saturated carbocycles. The highest BCUT2D eigenvalue weighted by molar-refractivity contribution is 5.77. The summed E-state index contributed by atoms with van der Waals surface area (Å²) in [6.45, 7) is 18.9. The lowest BCUT2D eigenvalue weighted by atomic mass is 10.3. The Morgan fingerprint density at radius 1 is 0.947 bits per heavy atom. The van der Waals surface area contributed by atoms with Crippen LogP contribution in [-0.2, 0) is 4.79 Å². The number of piperazine rings is 1. The monoisotopic (exact) mass is 273 g/mol. The van der Waals surface area contributed by atoms with E-state index in [1.54, 1.807) is 0 Å². The van der Waals surface area contributed by atoms with Gasteiger partial charge >= 0.3 is 0 Å². The molecule has 19 heavy (non-hydrogen) atoms. The van der Waals surface area contributed by atoms with Crippen LogP contribution in [0.15, 0.2) is 0 Å². The second-order valence-electron chi connectivity index (χ2n) is 4.07. The average molecular weight is 273 g/mol. The van der Waals surface area contributed by atoms with Crippen molar-refractivity contribution in [3.63, 3.8) is 0 Å². The van der Waals surface area contributed by atoms with Crippen molar-refractivity contribution in [2.24, 2.45) is 0 Å². The molecule has 4 nitrogen and oxygen atoms in total. The van der Waals surface area contributed by atoms with Gasteiger partial charge in [0.25, 0.3) is 0 Å². The highest BCUT2D eigenvalue weighted by atomic mass is 16.2. The van der Waals surface area contributed by atoms with E-state index in [-0.39, 0.29) is 5.91 Å². The molecule has 4 heteroatoms. The Balaban J connectivity index is 0. The van der Waals surface area contributed by atoms with Gasteiger partial charge in [-0.05, 0) is 19.9 Å². The molecule has 1 fully saturated rings. The molecule has 1 heterocycles. The molecule has 1 saturated heterocycles. The van der Waals surface area contributed by atoms with E-state index in [1.807, 2.05) is 34.6 Å². The largest absolute Gasteiger partial charge is 0.355 e. The number of nitrogens with one attached hydrogen (secondary N) is 1. The number of carbonyl (C=O) groups excluding carboxylic acids is 1. The maximum absolute atomic E-state index is 11.4. The van der Waals surface area contributed by atoms with Gasteiger partial charge in [-0.25, -0.2) is 0 Å². The Bertz CT molecular complexity index is 190. The number of carbonyl (C=O) groups is 1. The zero-order chi connectivity index (χ0) is 15.1. The fourth-order valence-electron chi connectivity index (χ4n) is 1.94. The molecule has 0 atom stereocenters. The van der Waals surface area contributed by atoms with E-state index < -0.39 is 0 Å². The average Bonchev–Trinajstić information content (AvgIpc) is 2.46. The van der Waals surface area contributed by atoms with E-state index in [0.717, 1.165) is 32.7 Å². The fourth-order valence-corrected chi connectivity index (χ4v) is 1.94. The van der Waals surface area contributed by atoms with Crippen molar-refractivity contribution in [1.29, 1.82) is 0 Å². The molecule has 1 amide bonds. The molecule has 0 unspecified atom stereocenters. The second kappa shape index (κ2) is 15.4. The van der Waals surface area contributed by atoms with Crippen molar-refractivity contribution in [3.8, 4) is 0 Å². The van der Waals surface area contributed by atoms with Gasteiger partial charge in [0.05, 0.1) is 6.54 Å². The van der Waals surface area contributed by atoms with Gasteiger partial charge in [0.2, 0.25) is 5.91 Å². The maximum atomic E-state index is 11.4. The van der Waals surface area contributed by atoms with E-state index in [4.69, 9.17) is 0 Å². The number of nitrogens with zero attached hydrogens (tertiary/aromatic N) is 2. The van der Waals surface area contributed by atoms with Gasteiger partial charge in [-0.15, -0.1) is 0 Å². The van der Waals surface area contributed by atoms with Gasteiger partial charge in [-0.2, -0.15) is 0 Å². The lowest BCUT2D eigenvalue weighted by Crippen LogP contribution is -2.49. The molecule has 1 N–H and O–H groups in total. The maximum Gasteiger partial charge on any atom is 0.234 e. The Hall–Kier alpha value is -0.610. The van der Waals surface area contributed by atoms with Crippen molar-refractivity contribution in [2.45, 2.75) is 48.0 Å². The highest BCUT2D eigenvalue weighted by Gasteiger charge is 2.17. The third kappa shape index (κ3) is 11.0. The first kappa shape index (κ1) is 20.7. The number of amides is 1. The summed E-state index contributed by atoms with van der Waals surface area (Å²) in [6, 6.07) is 0. The summed E-state index contributed by atoms with van der Waals surface area (Å²) in [5.41, 5.74) is 0. The standard InChI is InChI=1S/C11H23N3O.2C2H6/c1-3-5-13-6-8-14(9-7-13)10-11(15)12-4-2;2*1-2/h3-10H2,1-2H3,(H,12,15);2*1-2H3. The lowest BCUT2D eigenvalue weighted by Gasteiger charge is -2.34. The molecule has 1 rings (SSSR count). The van der Waals surface area contributed by atoms with E-state index in [2.05, 4.69) is 22.0 Å². The highest BCUT2D eigenvalue weighted by Crippen LogP contribution is 2.01. The fraction of sp³-hybridized carbons (Fsp3) is 0.933. The SMILES string of the molecule is CC.CC.CCCN1CCN(CC(=O)NCC)CC1. The summed E-state index contributed by atoms with van der Waals surface area (Å²) in [4.78, 5) is 16.1. The van der Waals surface area contributed by atoms with Crippen molar-refractivity contribution in [3.05, 3.63) is 0 Å². The Kier molecular flexibility index (Phi) is 16.8. The van der Waals surface area contributed by atoms with Crippen LogP contribution in [0.2, 0.25) is 0 Å². The number of likely N-dealkylation sites (N-methyl/N-ethyl adjacent to an activating group) is 1. The van der Waals surface area contributed by atoms with Crippen LogP contribution in [0.25, 0.3) is 0 Å². The van der Waals surface area contributed by atoms with Crippen LogP contribution in [0, 0.1) is 0 Å². The van der Waals surface area contributed by atoms with Crippen LogP contribution in [0.1, 0.15) is 48.0 Å². The summed E-state index contributed by atoms with van der Waals surface area (Å²) < 4.78 is 0. The summed E-state index contributed by atoms with van der Waals surface area (Å²) in [5.74, 6) is 0.154. The quantitative estimate of drug-likeness (QED) is 0.834. The number of rotatable bonds is 5. The lowest BCUT2D eigenvalue weighted by molar-refractivity contribution is -0.122. The van der Waals surface area contributed by atoms with Crippen LogP contribution in [0.3, 0.4) is 0 Å². The third-order valence-electron chi connectivity index (χ3n) is 2.75. The van der Waals surface area contributed by atoms with Crippen molar-refractivity contribution in [1.82, 2.24) is 15.1 Å². The van der Waals surface area contributed by atoms with Crippen LogP contribution in [0.4, 0.5) is 0 Å². The smallest absolute Gasteiger partial charge is 0.234 e. The molecule has 0 bridgehead atoms. The third-order valence-corrected chi connectivity index (χ3v) is 2.75. The van der Waals surface area contributed by atoms with Gasteiger partial charge in [-0.1, -0.05) is 34.6 Å². The second-order valence-corrected chi connectivity index (χ2v) is 4.07. The number of hydrogen-bond donors (Lipinski definition) is 1. The number of hydrogen-bond acceptors (Lipinski definition) is 3. The summed E-state index contributed by atoms with van der Waals surface area (Å²) in [7, 11) is 0. The minimum atomic E-state index is 0.154. The Morgan fingerprint density at radius 2 is 1.42 bits per heavy atom. The molecular weight excluding hydrogens is 238 g/mol. The zero-order valence-corrected chi connectivity index (χ0v) is 14.0. The first-order valence-electron chi connectivity index (χ1n) is 7.97. The van der Waals surface area contributed by atoms with Crippen molar-refractivity contribution >= 4 is 5.91 Å². The summed E-state index contributed by atoms with van der Waals surface area (Å²) in [5, 5.41) is 2.83. The molecule has 0 aromatic carbocycles. The van der Waals surface area contributed by atoms with E-state index in [0.29, 0.717) is 6.54 Å². The van der Waals surface area contributed by atoms with Gasteiger partial charge < -0.3 is 10.2 Å². The van der Waals surface area contributed by atoms with E-state index >= 15 is 0 Å². The first-order chi connectivity index (χ1) is 9.26. The summed E-state index contributed by atoms with van der Waals surface area (Å²) >= 11 is 0. The van der Waals surface area contributed by atoms with E-state index in [9.17, 15) is 4.79 Å². The molecule has 1 aliphatic rings. The van der Waals surface area contributed by atoms with Crippen LogP contribution >= 0.6 is 0 Å². The van der Waals surface area contributed by atoms with Gasteiger partial charge in [-0.3, -0.25) is 9.69 Å². The molecule has 0 radical (unpaired) electrons. The van der Waals surface area contributed by atoms with Gasteiger partial charge in [0.1, 0.15) is 0 Å². The minimum Gasteiger partial charge on any atom is -0.355 e. The van der Waals surface area contributed by atoms with Gasteiger partial charge in [0.15, 0.2) is 0 Å². The zero-order valence-electron chi connectivity index (χ0n) is 14.0. The molecule has 0 aromatic heterocycles. The Labute approximate surface area is 120 Å². The van der Waals surface area contributed by atoms with Crippen molar-refractivity contribution < 1.29 is 4.79 Å². The van der Waals surface area contributed by atoms with Crippen molar-refractivity contribution in [2.75, 3.05) is 45.8 Å². The first-order valence-corrected chi connectivity index (χ1v) is 7.97. The van der Waals surface area contributed by atoms with Crippen LogP contribution in [0.5, 0.6) is 0 Å². The van der Waals surface area contributed by atoms with E-state index in [1.165, 1.54) is 13.0 Å². The molecular formula is C15H35N3O. The van der Waals surface area contributed by atoms with Crippen LogP contribution in [-0.4, -0.2) is 61.5 Å². The predicted molar refractivity (Wildman–Crippen MR) is 84.6 cm³/mol.